The van der Waals surface area contributed by atoms with E-state index < -0.39 is 10.0 Å². The van der Waals surface area contributed by atoms with Crippen LogP contribution >= 0.6 is 15.9 Å². The molecule has 0 radical (unpaired) electrons. The van der Waals surface area contributed by atoms with Crippen molar-refractivity contribution in [2.24, 2.45) is 0 Å². The van der Waals surface area contributed by atoms with Crippen LogP contribution < -0.4 is 4.72 Å². The normalized spacial score (nSPS) is 16.3. The Morgan fingerprint density at radius 2 is 2.24 bits per heavy atom. The number of nitrogens with one attached hydrogen (secondary N) is 1. The van der Waals surface area contributed by atoms with Gasteiger partial charge in [-0.2, -0.15) is 5.10 Å². The van der Waals surface area contributed by atoms with Crippen LogP contribution in [0.2, 0.25) is 0 Å². The molecule has 0 saturated heterocycles. The van der Waals surface area contributed by atoms with Gasteiger partial charge in [0, 0.05) is 10.7 Å². The third-order valence-electron chi connectivity index (χ3n) is 2.56. The summed E-state index contributed by atoms with van der Waals surface area (Å²) < 4.78 is 28.5. The lowest BCUT2D eigenvalue weighted by molar-refractivity contribution is 0.600. The lowest BCUT2D eigenvalue weighted by Crippen LogP contribution is -2.18. The Morgan fingerprint density at radius 1 is 1.47 bits per heavy atom. The zero-order chi connectivity index (χ0) is 12.0. The fraction of sp³-hybridized carbons (Fsp3) is 0.333. The predicted octanol–water partition coefficient (Wildman–Crippen LogP) is 1.40. The average Bonchev–Trinajstić information content (AvgIpc) is 2.99. The van der Waals surface area contributed by atoms with Crippen molar-refractivity contribution < 1.29 is 8.42 Å². The van der Waals surface area contributed by atoms with Crippen LogP contribution in [0.3, 0.4) is 0 Å². The van der Waals surface area contributed by atoms with Gasteiger partial charge in [-0.3, -0.25) is 4.72 Å². The SMILES string of the molecule is O=S(=O)(Nc1cc(Br)cn2ncnc12)C1CC1. The first-order valence-corrected chi connectivity index (χ1v) is 7.41. The number of nitrogens with zero attached hydrogens (tertiary/aromatic N) is 3. The number of rotatable bonds is 3. The van der Waals surface area contributed by atoms with Gasteiger partial charge in [-0.1, -0.05) is 0 Å². The number of pyridine rings is 1. The number of fused-ring (bicyclic) bond motifs is 1. The molecular formula is C9H9BrN4O2S. The Morgan fingerprint density at radius 3 is 2.94 bits per heavy atom. The van der Waals surface area contributed by atoms with Crippen LogP contribution in [0.5, 0.6) is 0 Å². The molecule has 17 heavy (non-hydrogen) atoms. The van der Waals surface area contributed by atoms with Crippen LogP contribution in [-0.2, 0) is 10.0 Å². The van der Waals surface area contributed by atoms with Crippen molar-refractivity contribution in [3.63, 3.8) is 0 Å². The second-order valence-corrected chi connectivity index (χ2v) is 6.82. The van der Waals surface area contributed by atoms with E-state index in [4.69, 9.17) is 0 Å². The molecule has 1 aliphatic rings. The van der Waals surface area contributed by atoms with Crippen molar-refractivity contribution in [2.45, 2.75) is 18.1 Å². The Hall–Kier alpha value is -1.15. The van der Waals surface area contributed by atoms with E-state index in [0.29, 0.717) is 11.3 Å². The van der Waals surface area contributed by atoms with Gasteiger partial charge in [0.2, 0.25) is 10.0 Å². The highest BCUT2D eigenvalue weighted by atomic mass is 79.9. The molecule has 0 amide bonds. The van der Waals surface area contributed by atoms with Gasteiger partial charge < -0.3 is 0 Å². The second-order valence-electron chi connectivity index (χ2n) is 3.95. The molecule has 1 N–H and O–H groups in total. The zero-order valence-electron chi connectivity index (χ0n) is 8.67. The van der Waals surface area contributed by atoms with E-state index in [9.17, 15) is 8.42 Å². The second kappa shape index (κ2) is 3.67. The first-order chi connectivity index (χ1) is 8.06. The molecule has 1 saturated carbocycles. The Kier molecular flexibility index (Phi) is 2.37. The molecule has 0 aromatic carbocycles. The van der Waals surface area contributed by atoms with Crippen LogP contribution in [0.25, 0.3) is 5.65 Å². The summed E-state index contributed by atoms with van der Waals surface area (Å²) in [7, 11) is -3.28. The summed E-state index contributed by atoms with van der Waals surface area (Å²) in [5, 5.41) is 3.71. The molecule has 3 rings (SSSR count). The molecule has 0 bridgehead atoms. The lowest BCUT2D eigenvalue weighted by Gasteiger charge is -2.08. The van der Waals surface area contributed by atoms with E-state index in [1.54, 1.807) is 12.3 Å². The summed E-state index contributed by atoms with van der Waals surface area (Å²) >= 11 is 3.30. The van der Waals surface area contributed by atoms with E-state index in [-0.39, 0.29) is 5.25 Å². The van der Waals surface area contributed by atoms with Crippen molar-refractivity contribution in [2.75, 3.05) is 4.72 Å². The number of hydrogen-bond acceptors (Lipinski definition) is 4. The monoisotopic (exact) mass is 316 g/mol. The molecule has 2 heterocycles. The molecule has 2 aromatic heterocycles. The minimum atomic E-state index is -3.28. The lowest BCUT2D eigenvalue weighted by atomic mass is 10.4. The van der Waals surface area contributed by atoms with E-state index in [2.05, 4.69) is 30.7 Å². The highest BCUT2D eigenvalue weighted by Gasteiger charge is 2.36. The van der Waals surface area contributed by atoms with Crippen molar-refractivity contribution in [3.05, 3.63) is 23.1 Å². The summed E-state index contributed by atoms with van der Waals surface area (Å²) in [5.74, 6) is 0. The highest BCUT2D eigenvalue weighted by Crippen LogP contribution is 2.31. The van der Waals surface area contributed by atoms with Crippen molar-refractivity contribution >= 4 is 37.3 Å². The fourth-order valence-electron chi connectivity index (χ4n) is 1.58. The van der Waals surface area contributed by atoms with Crippen molar-refractivity contribution in [1.29, 1.82) is 0 Å². The minimum Gasteiger partial charge on any atom is -0.279 e. The van der Waals surface area contributed by atoms with Crippen LogP contribution in [-0.4, -0.2) is 28.3 Å². The Labute approximate surface area is 106 Å². The quantitative estimate of drug-likeness (QED) is 0.928. The number of anilines is 1. The minimum absolute atomic E-state index is 0.260. The van der Waals surface area contributed by atoms with Gasteiger partial charge in [0.1, 0.15) is 6.33 Å². The molecule has 1 fully saturated rings. The summed E-state index contributed by atoms with van der Waals surface area (Å²) in [6.07, 6.45) is 4.56. The molecule has 8 heteroatoms. The van der Waals surface area contributed by atoms with E-state index in [1.165, 1.54) is 10.8 Å². The first kappa shape index (κ1) is 11.0. The highest BCUT2D eigenvalue weighted by molar-refractivity contribution is 9.10. The molecule has 1 aliphatic carbocycles. The maximum atomic E-state index is 11.9. The van der Waals surface area contributed by atoms with E-state index >= 15 is 0 Å². The number of halogens is 1. The van der Waals surface area contributed by atoms with Crippen LogP contribution in [0, 0.1) is 0 Å². The Balaban J connectivity index is 2.07. The third kappa shape index (κ3) is 2.02. The first-order valence-electron chi connectivity index (χ1n) is 5.07. The van der Waals surface area contributed by atoms with Gasteiger partial charge in [0.05, 0.1) is 10.9 Å². The summed E-state index contributed by atoms with van der Waals surface area (Å²) in [5.41, 5.74) is 0.946. The predicted molar refractivity (Wildman–Crippen MR) is 66.3 cm³/mol. The number of aromatic nitrogens is 3. The summed E-state index contributed by atoms with van der Waals surface area (Å²) in [6, 6.07) is 1.68. The number of hydrogen-bond donors (Lipinski definition) is 1. The van der Waals surface area contributed by atoms with Crippen molar-refractivity contribution in [3.8, 4) is 0 Å². The maximum Gasteiger partial charge on any atom is 0.235 e. The van der Waals surface area contributed by atoms with Gasteiger partial charge in [0.15, 0.2) is 5.65 Å². The zero-order valence-corrected chi connectivity index (χ0v) is 11.1. The molecule has 6 nitrogen and oxygen atoms in total. The Bertz CT molecular complexity index is 677. The summed E-state index contributed by atoms with van der Waals surface area (Å²) in [4.78, 5) is 4.03. The van der Waals surface area contributed by atoms with E-state index in [1.807, 2.05) is 0 Å². The molecule has 90 valence electrons. The van der Waals surface area contributed by atoms with Crippen LogP contribution in [0.1, 0.15) is 12.8 Å². The largest absolute Gasteiger partial charge is 0.279 e. The smallest absolute Gasteiger partial charge is 0.235 e. The van der Waals surface area contributed by atoms with Gasteiger partial charge in [-0.25, -0.2) is 17.9 Å². The molecule has 0 unspecified atom stereocenters. The topological polar surface area (TPSA) is 76.4 Å². The number of sulfonamides is 1. The fourth-order valence-corrected chi connectivity index (χ4v) is 3.39. The van der Waals surface area contributed by atoms with Gasteiger partial charge >= 0.3 is 0 Å². The standard InChI is InChI=1S/C9H9BrN4O2S/c10-6-3-8(9-11-5-12-14(9)4-6)13-17(15,16)7-1-2-7/h3-5,7,13H,1-2H2. The third-order valence-corrected chi connectivity index (χ3v) is 4.84. The van der Waals surface area contributed by atoms with Crippen molar-refractivity contribution in [1.82, 2.24) is 14.6 Å². The molecular weight excluding hydrogens is 308 g/mol. The van der Waals surface area contributed by atoms with Gasteiger partial charge in [0.25, 0.3) is 0 Å². The average molecular weight is 317 g/mol. The van der Waals surface area contributed by atoms with Crippen LogP contribution in [0.15, 0.2) is 23.1 Å². The van der Waals surface area contributed by atoms with Gasteiger partial charge in [-0.15, -0.1) is 0 Å². The maximum absolute atomic E-state index is 11.9. The van der Waals surface area contributed by atoms with E-state index in [0.717, 1.165) is 17.3 Å². The molecule has 0 aliphatic heterocycles. The van der Waals surface area contributed by atoms with Gasteiger partial charge in [-0.05, 0) is 34.8 Å². The molecule has 2 aromatic rings. The molecule has 0 atom stereocenters. The summed E-state index contributed by atoms with van der Waals surface area (Å²) in [6.45, 7) is 0. The van der Waals surface area contributed by atoms with Crippen LogP contribution in [0.4, 0.5) is 5.69 Å². The molecule has 0 spiro atoms.